The van der Waals surface area contributed by atoms with Crippen molar-refractivity contribution in [1.82, 2.24) is 21.1 Å². The minimum Gasteiger partial charge on any atom is -0.319 e. The van der Waals surface area contributed by atoms with E-state index in [9.17, 15) is 9.59 Å². The molecule has 1 saturated heterocycles. The molecule has 2 amide bonds. The van der Waals surface area contributed by atoms with Crippen LogP contribution in [0.1, 0.15) is 16.1 Å². The molecule has 3 N–H and O–H groups in total. The number of thiophene rings is 1. The van der Waals surface area contributed by atoms with Crippen molar-refractivity contribution in [3.8, 4) is 0 Å². The number of carbonyl (C=O) groups excluding carboxylic acids is 2. The molecule has 1 aromatic heterocycles. The Morgan fingerprint density at radius 1 is 1.45 bits per heavy atom. The summed E-state index contributed by atoms with van der Waals surface area (Å²) >= 11 is 1.34. The van der Waals surface area contributed by atoms with Gasteiger partial charge in [-0.15, -0.1) is 11.3 Å². The van der Waals surface area contributed by atoms with Crippen molar-refractivity contribution in [3.63, 3.8) is 0 Å². The predicted octanol–water partition coefficient (Wildman–Crippen LogP) is 0.0504. The number of likely N-dealkylation sites (tertiary alicyclic amines) is 1. The molecule has 1 aliphatic rings. The van der Waals surface area contributed by atoms with E-state index in [0.29, 0.717) is 17.3 Å². The van der Waals surface area contributed by atoms with E-state index in [2.05, 4.69) is 21.1 Å². The monoisotopic (exact) mass is 296 g/mol. The van der Waals surface area contributed by atoms with Crippen LogP contribution < -0.4 is 16.2 Å². The predicted molar refractivity (Wildman–Crippen MR) is 78.4 cm³/mol. The van der Waals surface area contributed by atoms with Gasteiger partial charge >= 0.3 is 0 Å². The lowest BCUT2D eigenvalue weighted by molar-refractivity contribution is -0.122. The Balaban J connectivity index is 1.67. The highest BCUT2D eigenvalue weighted by molar-refractivity contribution is 7.12. The zero-order valence-electron chi connectivity index (χ0n) is 11.5. The van der Waals surface area contributed by atoms with Gasteiger partial charge in [-0.2, -0.15) is 0 Å². The van der Waals surface area contributed by atoms with Crippen LogP contribution in [0.4, 0.5) is 0 Å². The molecule has 2 heterocycles. The van der Waals surface area contributed by atoms with Gasteiger partial charge in [0, 0.05) is 6.54 Å². The van der Waals surface area contributed by atoms with E-state index >= 15 is 0 Å². The number of hydrazine groups is 1. The largest absolute Gasteiger partial charge is 0.319 e. The van der Waals surface area contributed by atoms with Gasteiger partial charge in [0.25, 0.3) is 11.8 Å². The minimum absolute atomic E-state index is 0.181. The van der Waals surface area contributed by atoms with Crippen LogP contribution in [0.3, 0.4) is 0 Å². The first-order valence-electron chi connectivity index (χ1n) is 6.68. The maximum absolute atomic E-state index is 11.8. The molecule has 0 aliphatic carbocycles. The molecule has 0 aromatic carbocycles. The van der Waals surface area contributed by atoms with Crippen LogP contribution in [0.5, 0.6) is 0 Å². The molecule has 1 aromatic rings. The van der Waals surface area contributed by atoms with Gasteiger partial charge in [-0.3, -0.25) is 25.3 Å². The fourth-order valence-corrected chi connectivity index (χ4v) is 2.97. The average molecular weight is 296 g/mol. The summed E-state index contributed by atoms with van der Waals surface area (Å²) in [4.78, 5) is 26.1. The van der Waals surface area contributed by atoms with Gasteiger partial charge in [0.1, 0.15) is 0 Å². The number of nitrogens with one attached hydrogen (secondary N) is 3. The molecule has 7 heteroatoms. The van der Waals surface area contributed by atoms with Crippen LogP contribution in [0.15, 0.2) is 17.5 Å². The van der Waals surface area contributed by atoms with Crippen molar-refractivity contribution in [2.75, 3.05) is 33.2 Å². The summed E-state index contributed by atoms with van der Waals surface area (Å²) < 4.78 is 0. The summed E-state index contributed by atoms with van der Waals surface area (Å²) in [6.07, 6.45) is 1.11. The van der Waals surface area contributed by atoms with E-state index in [1.54, 1.807) is 12.1 Å². The van der Waals surface area contributed by atoms with Crippen LogP contribution in [0.2, 0.25) is 0 Å². The van der Waals surface area contributed by atoms with Crippen molar-refractivity contribution >= 4 is 23.2 Å². The molecular formula is C13H20N4O2S. The molecule has 20 heavy (non-hydrogen) atoms. The normalized spacial score (nSPS) is 18.9. The topological polar surface area (TPSA) is 73.5 Å². The maximum atomic E-state index is 11.8. The van der Waals surface area contributed by atoms with Crippen LogP contribution in [0.25, 0.3) is 0 Å². The van der Waals surface area contributed by atoms with Crippen molar-refractivity contribution in [2.45, 2.75) is 6.42 Å². The van der Waals surface area contributed by atoms with Gasteiger partial charge in [0.15, 0.2) is 0 Å². The Kier molecular flexibility index (Phi) is 5.51. The zero-order valence-corrected chi connectivity index (χ0v) is 12.3. The summed E-state index contributed by atoms with van der Waals surface area (Å²) in [6, 6.07) is 3.52. The van der Waals surface area contributed by atoms with Gasteiger partial charge < -0.3 is 5.32 Å². The molecule has 0 radical (unpaired) electrons. The van der Waals surface area contributed by atoms with Crippen LogP contribution in [0, 0.1) is 5.92 Å². The molecular weight excluding hydrogens is 276 g/mol. The van der Waals surface area contributed by atoms with Crippen LogP contribution >= 0.6 is 11.3 Å². The zero-order chi connectivity index (χ0) is 14.4. The summed E-state index contributed by atoms with van der Waals surface area (Å²) in [5.41, 5.74) is 4.88. The SMILES string of the molecule is CNCC1CCN(CC(=O)NNC(=O)c2cccs2)C1. The smallest absolute Gasteiger partial charge is 0.279 e. The van der Waals surface area contributed by atoms with E-state index < -0.39 is 0 Å². The van der Waals surface area contributed by atoms with Crippen molar-refractivity contribution in [2.24, 2.45) is 5.92 Å². The average Bonchev–Trinajstić information content (AvgIpc) is 3.08. The molecule has 1 unspecified atom stereocenters. The summed E-state index contributed by atoms with van der Waals surface area (Å²) in [5, 5.41) is 4.98. The Morgan fingerprint density at radius 3 is 3.00 bits per heavy atom. The summed E-state index contributed by atoms with van der Waals surface area (Å²) in [7, 11) is 1.94. The van der Waals surface area contributed by atoms with Gasteiger partial charge in [-0.05, 0) is 43.9 Å². The molecule has 0 spiro atoms. The van der Waals surface area contributed by atoms with Gasteiger partial charge in [-0.25, -0.2) is 0 Å². The standard InChI is InChI=1S/C13H20N4O2S/c1-14-7-10-4-5-17(8-10)9-12(18)15-16-13(19)11-3-2-6-20-11/h2-3,6,10,14H,4-5,7-9H2,1H3,(H,15,18)(H,16,19). The quantitative estimate of drug-likeness (QED) is 0.671. The molecule has 1 fully saturated rings. The second kappa shape index (κ2) is 7.37. The number of carbonyl (C=O) groups is 2. The Hall–Kier alpha value is -1.44. The number of rotatable bonds is 5. The lowest BCUT2D eigenvalue weighted by Crippen LogP contribution is -2.46. The van der Waals surface area contributed by atoms with Crippen molar-refractivity contribution in [3.05, 3.63) is 22.4 Å². The highest BCUT2D eigenvalue weighted by atomic mass is 32.1. The first-order chi connectivity index (χ1) is 9.69. The highest BCUT2D eigenvalue weighted by Crippen LogP contribution is 2.14. The first kappa shape index (κ1) is 15.0. The molecule has 6 nitrogen and oxygen atoms in total. The maximum Gasteiger partial charge on any atom is 0.279 e. The minimum atomic E-state index is -0.275. The molecule has 1 atom stereocenters. The lowest BCUT2D eigenvalue weighted by atomic mass is 10.1. The van der Waals surface area contributed by atoms with E-state index in [1.165, 1.54) is 11.3 Å². The number of amides is 2. The highest BCUT2D eigenvalue weighted by Gasteiger charge is 2.23. The van der Waals surface area contributed by atoms with Gasteiger partial charge in [0.05, 0.1) is 11.4 Å². The third-order valence-electron chi connectivity index (χ3n) is 3.29. The lowest BCUT2D eigenvalue weighted by Gasteiger charge is -2.15. The molecule has 2 rings (SSSR count). The van der Waals surface area contributed by atoms with E-state index in [4.69, 9.17) is 0 Å². The van der Waals surface area contributed by atoms with Crippen LogP contribution in [-0.4, -0.2) is 49.9 Å². The molecule has 110 valence electrons. The molecule has 1 aliphatic heterocycles. The molecule has 0 bridgehead atoms. The van der Waals surface area contributed by atoms with Crippen molar-refractivity contribution in [1.29, 1.82) is 0 Å². The second-order valence-electron chi connectivity index (χ2n) is 4.93. The first-order valence-corrected chi connectivity index (χ1v) is 7.56. The second-order valence-corrected chi connectivity index (χ2v) is 5.87. The van der Waals surface area contributed by atoms with E-state index in [1.807, 2.05) is 12.4 Å². The van der Waals surface area contributed by atoms with Gasteiger partial charge in [0.2, 0.25) is 0 Å². The fraction of sp³-hybridized carbons (Fsp3) is 0.538. The van der Waals surface area contributed by atoms with Gasteiger partial charge in [-0.1, -0.05) is 6.07 Å². The Labute approximate surface area is 122 Å². The Bertz CT molecular complexity index is 449. The van der Waals surface area contributed by atoms with E-state index in [0.717, 1.165) is 26.1 Å². The summed E-state index contributed by atoms with van der Waals surface area (Å²) in [6.45, 7) is 3.16. The molecule has 0 saturated carbocycles. The Morgan fingerprint density at radius 2 is 2.30 bits per heavy atom. The third kappa shape index (κ3) is 4.29. The number of hydrogen-bond acceptors (Lipinski definition) is 5. The van der Waals surface area contributed by atoms with Crippen molar-refractivity contribution < 1.29 is 9.59 Å². The third-order valence-corrected chi connectivity index (χ3v) is 4.16. The fourth-order valence-electron chi connectivity index (χ4n) is 2.35. The number of nitrogens with zero attached hydrogens (tertiary/aromatic N) is 1. The summed E-state index contributed by atoms with van der Waals surface area (Å²) in [5.74, 6) is 0.149. The number of hydrogen-bond donors (Lipinski definition) is 3. The van der Waals surface area contributed by atoms with Crippen LogP contribution in [-0.2, 0) is 4.79 Å². The van der Waals surface area contributed by atoms with E-state index in [-0.39, 0.29) is 11.8 Å².